The number of nitrogens with one attached hydrogen (secondary N) is 1. The average Bonchev–Trinajstić information content (AvgIpc) is 2.76. The van der Waals surface area contributed by atoms with Crippen molar-refractivity contribution >= 4 is 46.3 Å². The number of amides is 1. The van der Waals surface area contributed by atoms with Crippen LogP contribution in [0.1, 0.15) is 5.01 Å². The fourth-order valence-corrected chi connectivity index (χ4v) is 3.01. The van der Waals surface area contributed by atoms with Gasteiger partial charge in [-0.2, -0.15) is 0 Å². The summed E-state index contributed by atoms with van der Waals surface area (Å²) in [5.74, 6) is 0.181. The third kappa shape index (κ3) is 3.69. The van der Waals surface area contributed by atoms with E-state index in [-0.39, 0.29) is 5.91 Å². The summed E-state index contributed by atoms with van der Waals surface area (Å²) < 4.78 is 0.793. The number of halogens is 1. The second-order valence-corrected chi connectivity index (χ2v) is 6.21. The highest BCUT2D eigenvalue weighted by Gasteiger charge is 2.08. The molecule has 1 aromatic carbocycles. The molecule has 0 aliphatic carbocycles. The minimum Gasteiger partial charge on any atom is -0.324 e. The third-order valence-electron chi connectivity index (χ3n) is 1.98. The summed E-state index contributed by atoms with van der Waals surface area (Å²) in [6.07, 6.45) is 0. The maximum atomic E-state index is 11.7. The number of benzene rings is 1. The van der Waals surface area contributed by atoms with Gasteiger partial charge in [-0.25, -0.2) is 0 Å². The zero-order valence-electron chi connectivity index (χ0n) is 9.51. The maximum absolute atomic E-state index is 11.7. The van der Waals surface area contributed by atoms with Gasteiger partial charge in [0.2, 0.25) is 5.91 Å². The fraction of sp³-hybridized carbons (Fsp3) is 0.182. The molecule has 0 unspecified atom stereocenters. The summed E-state index contributed by atoms with van der Waals surface area (Å²) in [6, 6.07) is 7.14. The third-order valence-corrected chi connectivity index (χ3v) is 4.28. The van der Waals surface area contributed by atoms with E-state index in [2.05, 4.69) is 15.5 Å². The van der Waals surface area contributed by atoms with E-state index in [0.29, 0.717) is 16.5 Å². The molecule has 0 bridgehead atoms. The van der Waals surface area contributed by atoms with Crippen molar-refractivity contribution in [1.29, 1.82) is 0 Å². The molecule has 1 aromatic heterocycles. The molecular formula is C11H10ClN3OS2. The number of aryl methyl sites for hydroxylation is 1. The molecule has 1 amide bonds. The molecular weight excluding hydrogens is 290 g/mol. The van der Waals surface area contributed by atoms with Gasteiger partial charge in [-0.05, 0) is 19.1 Å². The molecule has 0 spiro atoms. The van der Waals surface area contributed by atoms with Crippen molar-refractivity contribution < 1.29 is 4.79 Å². The van der Waals surface area contributed by atoms with Crippen LogP contribution >= 0.6 is 34.7 Å². The van der Waals surface area contributed by atoms with Crippen LogP contribution in [0.5, 0.6) is 0 Å². The zero-order valence-corrected chi connectivity index (χ0v) is 11.9. The molecule has 0 radical (unpaired) electrons. The molecule has 2 rings (SSSR count). The van der Waals surface area contributed by atoms with E-state index in [1.165, 1.54) is 23.1 Å². The van der Waals surface area contributed by atoms with Crippen LogP contribution in [-0.4, -0.2) is 21.9 Å². The lowest BCUT2D eigenvalue weighted by Crippen LogP contribution is -2.14. The van der Waals surface area contributed by atoms with E-state index < -0.39 is 0 Å². The molecule has 1 N–H and O–H groups in total. The first-order valence-electron chi connectivity index (χ1n) is 5.12. The fourth-order valence-electron chi connectivity index (χ4n) is 1.21. The molecule has 0 aliphatic rings. The summed E-state index contributed by atoms with van der Waals surface area (Å²) in [6.45, 7) is 1.88. The number of aromatic nitrogens is 2. The predicted molar refractivity (Wildman–Crippen MR) is 75.5 cm³/mol. The Kier molecular flexibility index (Phi) is 4.57. The van der Waals surface area contributed by atoms with Gasteiger partial charge in [0.1, 0.15) is 5.01 Å². The average molecular weight is 300 g/mol. The number of rotatable bonds is 4. The smallest absolute Gasteiger partial charge is 0.234 e. The van der Waals surface area contributed by atoms with Crippen LogP contribution in [0.15, 0.2) is 28.6 Å². The number of para-hydroxylation sites is 1. The molecule has 0 aliphatic heterocycles. The molecule has 94 valence electrons. The zero-order chi connectivity index (χ0) is 13.0. The first-order valence-corrected chi connectivity index (χ1v) is 7.30. The second-order valence-electron chi connectivity index (χ2n) is 3.40. The lowest BCUT2D eigenvalue weighted by molar-refractivity contribution is -0.113. The van der Waals surface area contributed by atoms with Gasteiger partial charge in [-0.1, -0.05) is 46.8 Å². The Morgan fingerprint density at radius 1 is 1.44 bits per heavy atom. The molecule has 0 atom stereocenters. The monoisotopic (exact) mass is 299 g/mol. The summed E-state index contributed by atoms with van der Waals surface area (Å²) in [5, 5.41) is 12.0. The van der Waals surface area contributed by atoms with E-state index in [9.17, 15) is 4.79 Å². The highest BCUT2D eigenvalue weighted by molar-refractivity contribution is 8.01. The topological polar surface area (TPSA) is 54.9 Å². The number of hydrogen-bond donors (Lipinski definition) is 1. The lowest BCUT2D eigenvalue weighted by Gasteiger charge is -2.05. The molecule has 4 nitrogen and oxygen atoms in total. The van der Waals surface area contributed by atoms with Crippen LogP contribution in [-0.2, 0) is 4.79 Å². The molecule has 2 aromatic rings. The number of nitrogens with zero attached hydrogens (tertiary/aromatic N) is 2. The Morgan fingerprint density at radius 2 is 2.22 bits per heavy atom. The summed E-state index contributed by atoms with van der Waals surface area (Å²) in [7, 11) is 0. The van der Waals surface area contributed by atoms with Gasteiger partial charge >= 0.3 is 0 Å². The summed E-state index contributed by atoms with van der Waals surface area (Å²) >= 11 is 8.79. The number of carbonyl (C=O) groups excluding carboxylic acids is 1. The molecule has 18 heavy (non-hydrogen) atoms. The SMILES string of the molecule is Cc1nnc(SCC(=O)Nc2ccccc2Cl)s1. The minimum absolute atomic E-state index is 0.110. The van der Waals surface area contributed by atoms with E-state index in [1.807, 2.05) is 19.1 Å². The van der Waals surface area contributed by atoms with Crippen molar-refractivity contribution in [3.8, 4) is 0 Å². The number of carbonyl (C=O) groups is 1. The maximum Gasteiger partial charge on any atom is 0.234 e. The van der Waals surface area contributed by atoms with Crippen molar-refractivity contribution in [3.05, 3.63) is 34.3 Å². The van der Waals surface area contributed by atoms with Crippen LogP contribution in [0.4, 0.5) is 5.69 Å². The van der Waals surface area contributed by atoms with E-state index in [4.69, 9.17) is 11.6 Å². The Hall–Kier alpha value is -1.11. The van der Waals surface area contributed by atoms with Crippen LogP contribution in [0, 0.1) is 6.92 Å². The largest absolute Gasteiger partial charge is 0.324 e. The number of thioether (sulfide) groups is 1. The highest BCUT2D eigenvalue weighted by Crippen LogP contribution is 2.23. The Bertz CT molecular complexity index is 559. The summed E-state index contributed by atoms with van der Waals surface area (Å²) in [5.41, 5.74) is 0.623. The normalized spacial score (nSPS) is 10.3. The van der Waals surface area contributed by atoms with E-state index in [1.54, 1.807) is 12.1 Å². The van der Waals surface area contributed by atoms with Crippen LogP contribution < -0.4 is 5.32 Å². The molecule has 7 heteroatoms. The van der Waals surface area contributed by atoms with Crippen molar-refractivity contribution in [2.75, 3.05) is 11.1 Å². The Balaban J connectivity index is 1.88. The Morgan fingerprint density at radius 3 is 2.89 bits per heavy atom. The lowest BCUT2D eigenvalue weighted by atomic mass is 10.3. The molecule has 0 saturated carbocycles. The van der Waals surface area contributed by atoms with Crippen LogP contribution in [0.3, 0.4) is 0 Å². The standard InChI is InChI=1S/C11H10ClN3OS2/c1-7-14-15-11(18-7)17-6-10(16)13-9-5-3-2-4-8(9)12/h2-5H,6H2,1H3,(H,13,16). The number of hydrogen-bond acceptors (Lipinski definition) is 5. The molecule has 1 heterocycles. The Labute approximate surface area is 118 Å². The molecule has 0 fully saturated rings. The van der Waals surface area contributed by atoms with Gasteiger partial charge in [-0.15, -0.1) is 10.2 Å². The predicted octanol–water partition coefficient (Wildman–Crippen LogP) is 3.23. The van der Waals surface area contributed by atoms with Gasteiger partial charge in [0.25, 0.3) is 0 Å². The highest BCUT2D eigenvalue weighted by atomic mass is 35.5. The van der Waals surface area contributed by atoms with Crippen molar-refractivity contribution in [2.45, 2.75) is 11.3 Å². The summed E-state index contributed by atoms with van der Waals surface area (Å²) in [4.78, 5) is 11.7. The molecule has 0 saturated heterocycles. The van der Waals surface area contributed by atoms with E-state index >= 15 is 0 Å². The van der Waals surface area contributed by atoms with Gasteiger partial charge in [0.05, 0.1) is 16.5 Å². The van der Waals surface area contributed by atoms with Crippen molar-refractivity contribution in [1.82, 2.24) is 10.2 Å². The van der Waals surface area contributed by atoms with Crippen molar-refractivity contribution in [3.63, 3.8) is 0 Å². The van der Waals surface area contributed by atoms with Gasteiger partial charge in [-0.3, -0.25) is 4.79 Å². The minimum atomic E-state index is -0.110. The van der Waals surface area contributed by atoms with Crippen molar-refractivity contribution in [2.24, 2.45) is 0 Å². The van der Waals surface area contributed by atoms with E-state index in [0.717, 1.165) is 9.35 Å². The quantitative estimate of drug-likeness (QED) is 0.881. The van der Waals surface area contributed by atoms with Crippen LogP contribution in [0.2, 0.25) is 5.02 Å². The first-order chi connectivity index (χ1) is 8.65. The van der Waals surface area contributed by atoms with Gasteiger partial charge < -0.3 is 5.32 Å². The second kappa shape index (κ2) is 6.17. The van der Waals surface area contributed by atoms with Crippen LogP contribution in [0.25, 0.3) is 0 Å². The van der Waals surface area contributed by atoms with Gasteiger partial charge in [0.15, 0.2) is 4.34 Å². The first kappa shape index (κ1) is 13.3. The number of anilines is 1. The van der Waals surface area contributed by atoms with Gasteiger partial charge in [0, 0.05) is 0 Å².